The lowest BCUT2D eigenvalue weighted by atomic mass is 9.80. The van der Waals surface area contributed by atoms with Crippen LogP contribution in [0.25, 0.3) is 11.2 Å². The van der Waals surface area contributed by atoms with Gasteiger partial charge < -0.3 is 19.4 Å². The van der Waals surface area contributed by atoms with Gasteiger partial charge in [-0.3, -0.25) is 0 Å². The van der Waals surface area contributed by atoms with E-state index >= 15 is 0 Å². The van der Waals surface area contributed by atoms with Gasteiger partial charge in [-0.25, -0.2) is 18.2 Å². The van der Waals surface area contributed by atoms with Crippen molar-refractivity contribution >= 4 is 23.7 Å². The minimum Gasteiger partial charge on any atom is -0.479 e. The zero-order chi connectivity index (χ0) is 17.4. The van der Waals surface area contributed by atoms with E-state index in [9.17, 15) is 13.2 Å². The van der Waals surface area contributed by atoms with Crippen LogP contribution >= 0.6 is 0 Å². The van der Waals surface area contributed by atoms with Gasteiger partial charge in [-0.15, -0.1) is 0 Å². The number of aromatic nitrogens is 3. The van der Waals surface area contributed by atoms with Crippen molar-refractivity contribution in [3.8, 4) is 5.88 Å². The Bertz CT molecular complexity index is 894. The van der Waals surface area contributed by atoms with Crippen LogP contribution in [0.2, 0.25) is 0 Å². The van der Waals surface area contributed by atoms with Gasteiger partial charge in [-0.05, 0) is 17.6 Å². The number of pyridine rings is 1. The van der Waals surface area contributed by atoms with Gasteiger partial charge in [0.1, 0.15) is 11.6 Å². The molecule has 2 N–H and O–H groups in total. The van der Waals surface area contributed by atoms with Crippen molar-refractivity contribution < 1.29 is 28.0 Å². The second-order valence-electron chi connectivity index (χ2n) is 5.03. The third-order valence-electron chi connectivity index (χ3n) is 3.52. The minimum atomic E-state index is -1.98. The largest absolute Gasteiger partial charge is 0.488 e. The van der Waals surface area contributed by atoms with E-state index < -0.39 is 24.6 Å². The first-order valence-corrected chi connectivity index (χ1v) is 6.80. The maximum absolute atomic E-state index is 14.1. The SMILES string of the molecule is COc1nc2ncn(Cc3c(F)cc(B(O)O)cc3F)c2cc1F. The van der Waals surface area contributed by atoms with Gasteiger partial charge in [0.2, 0.25) is 0 Å². The van der Waals surface area contributed by atoms with Crippen LogP contribution in [-0.2, 0) is 6.54 Å². The highest BCUT2D eigenvalue weighted by atomic mass is 19.1. The minimum absolute atomic E-state index is 0.163. The predicted octanol–water partition coefficient (Wildman–Crippen LogP) is 0.585. The molecule has 0 aliphatic carbocycles. The summed E-state index contributed by atoms with van der Waals surface area (Å²) in [5.41, 5.74) is -0.230. The van der Waals surface area contributed by atoms with Crippen LogP contribution < -0.4 is 10.2 Å². The summed E-state index contributed by atoms with van der Waals surface area (Å²) in [5.74, 6) is -2.87. The Morgan fingerprint density at radius 2 is 1.79 bits per heavy atom. The molecule has 0 spiro atoms. The average Bonchev–Trinajstić information content (AvgIpc) is 2.91. The number of halogens is 3. The first kappa shape index (κ1) is 16.3. The highest BCUT2D eigenvalue weighted by Crippen LogP contribution is 2.22. The van der Waals surface area contributed by atoms with E-state index in [1.54, 1.807) is 0 Å². The summed E-state index contributed by atoms with van der Waals surface area (Å²) in [6.07, 6.45) is 1.27. The topological polar surface area (TPSA) is 80.4 Å². The summed E-state index contributed by atoms with van der Waals surface area (Å²) in [7, 11) is -0.723. The molecule has 3 aromatic rings. The molecule has 0 amide bonds. The van der Waals surface area contributed by atoms with Gasteiger partial charge in [0.15, 0.2) is 11.5 Å². The van der Waals surface area contributed by atoms with Crippen molar-refractivity contribution in [1.82, 2.24) is 14.5 Å². The number of nitrogens with zero attached hydrogens (tertiary/aromatic N) is 3. The molecule has 0 fully saturated rings. The molecule has 0 saturated carbocycles. The van der Waals surface area contributed by atoms with Crippen LogP contribution in [0.1, 0.15) is 5.56 Å². The lowest BCUT2D eigenvalue weighted by Crippen LogP contribution is -2.31. The highest BCUT2D eigenvalue weighted by molar-refractivity contribution is 6.58. The number of ether oxygens (including phenoxy) is 1. The first-order valence-electron chi connectivity index (χ1n) is 6.80. The summed E-state index contributed by atoms with van der Waals surface area (Å²) < 4.78 is 48.0. The molecule has 6 nitrogen and oxygen atoms in total. The predicted molar refractivity (Wildman–Crippen MR) is 79.3 cm³/mol. The summed E-state index contributed by atoms with van der Waals surface area (Å²) in [6, 6.07) is 2.75. The molecular formula is C14H11BF3N3O3. The number of hydrogen-bond donors (Lipinski definition) is 2. The van der Waals surface area contributed by atoms with E-state index in [0.717, 1.165) is 18.2 Å². The Hall–Kier alpha value is -2.59. The molecule has 0 unspecified atom stereocenters. The Balaban J connectivity index is 2.03. The van der Waals surface area contributed by atoms with Crippen LogP contribution in [0.15, 0.2) is 24.5 Å². The van der Waals surface area contributed by atoms with Gasteiger partial charge in [0, 0.05) is 11.6 Å². The van der Waals surface area contributed by atoms with Crippen LogP contribution in [0.4, 0.5) is 13.2 Å². The summed E-state index contributed by atoms with van der Waals surface area (Å²) >= 11 is 0. The third kappa shape index (κ3) is 2.81. The third-order valence-corrected chi connectivity index (χ3v) is 3.52. The summed E-state index contributed by atoms with van der Waals surface area (Å²) in [4.78, 5) is 7.80. The number of methoxy groups -OCH3 is 1. The fraction of sp³-hybridized carbons (Fsp3) is 0.143. The standard InChI is InChI=1S/C14H11BF3N3O3/c1-24-14-11(18)4-12-13(20-14)19-6-21(12)5-8-9(16)2-7(15(22)23)3-10(8)17/h2-4,6,22-23H,5H2,1H3. The molecule has 2 aromatic heterocycles. The lowest BCUT2D eigenvalue weighted by molar-refractivity contribution is 0.371. The second kappa shape index (κ2) is 6.14. The first-order chi connectivity index (χ1) is 11.4. The molecule has 0 radical (unpaired) electrons. The molecule has 24 heavy (non-hydrogen) atoms. The van der Waals surface area contributed by atoms with Crippen molar-refractivity contribution in [2.75, 3.05) is 7.11 Å². The Kier molecular flexibility index (Phi) is 4.16. The monoisotopic (exact) mass is 337 g/mol. The van der Waals surface area contributed by atoms with E-state index in [1.807, 2.05) is 0 Å². The van der Waals surface area contributed by atoms with Gasteiger partial charge in [0.05, 0.1) is 25.5 Å². The van der Waals surface area contributed by atoms with E-state index in [0.29, 0.717) is 0 Å². The van der Waals surface area contributed by atoms with Crippen LogP contribution in [0.5, 0.6) is 5.88 Å². The maximum atomic E-state index is 14.1. The molecule has 0 atom stereocenters. The van der Waals surface area contributed by atoms with Crippen LogP contribution in [0.3, 0.4) is 0 Å². The van der Waals surface area contributed by atoms with Crippen LogP contribution in [0, 0.1) is 17.5 Å². The summed E-state index contributed by atoms with van der Waals surface area (Å²) in [6.45, 7) is -0.274. The molecule has 0 aliphatic heterocycles. The number of imidazole rings is 1. The fourth-order valence-electron chi connectivity index (χ4n) is 2.31. The average molecular weight is 337 g/mol. The molecule has 0 saturated heterocycles. The number of fused-ring (bicyclic) bond motifs is 1. The smallest absolute Gasteiger partial charge is 0.479 e. The molecule has 2 heterocycles. The Morgan fingerprint density at radius 1 is 1.12 bits per heavy atom. The fourth-order valence-corrected chi connectivity index (χ4v) is 2.31. The molecular weight excluding hydrogens is 326 g/mol. The molecule has 1 aromatic carbocycles. The van der Waals surface area contributed by atoms with Crippen molar-refractivity contribution in [2.45, 2.75) is 6.54 Å². The van der Waals surface area contributed by atoms with Crippen molar-refractivity contribution in [3.63, 3.8) is 0 Å². The van der Waals surface area contributed by atoms with E-state index in [4.69, 9.17) is 14.8 Å². The van der Waals surface area contributed by atoms with Gasteiger partial charge in [-0.1, -0.05) is 0 Å². The number of benzene rings is 1. The lowest BCUT2D eigenvalue weighted by Gasteiger charge is -2.10. The van der Waals surface area contributed by atoms with E-state index in [-0.39, 0.29) is 34.6 Å². The number of hydrogen-bond acceptors (Lipinski definition) is 5. The Morgan fingerprint density at radius 3 is 2.38 bits per heavy atom. The quantitative estimate of drug-likeness (QED) is 0.681. The molecule has 0 bridgehead atoms. The van der Waals surface area contributed by atoms with Gasteiger partial charge in [0.25, 0.3) is 5.88 Å². The van der Waals surface area contributed by atoms with E-state index in [1.165, 1.54) is 18.0 Å². The van der Waals surface area contributed by atoms with Crippen molar-refractivity contribution in [2.24, 2.45) is 0 Å². The highest BCUT2D eigenvalue weighted by Gasteiger charge is 2.19. The normalized spacial score (nSPS) is 11.1. The molecule has 0 aliphatic rings. The van der Waals surface area contributed by atoms with Crippen LogP contribution in [-0.4, -0.2) is 38.8 Å². The van der Waals surface area contributed by atoms with Gasteiger partial charge in [-0.2, -0.15) is 4.98 Å². The Labute approximate surface area is 134 Å². The number of rotatable bonds is 4. The molecule has 3 rings (SSSR count). The van der Waals surface area contributed by atoms with Crippen molar-refractivity contribution in [3.05, 3.63) is 47.5 Å². The summed E-state index contributed by atoms with van der Waals surface area (Å²) in [5, 5.41) is 18.0. The molecule has 124 valence electrons. The zero-order valence-electron chi connectivity index (χ0n) is 12.4. The second-order valence-corrected chi connectivity index (χ2v) is 5.03. The van der Waals surface area contributed by atoms with Gasteiger partial charge >= 0.3 is 7.12 Å². The van der Waals surface area contributed by atoms with E-state index in [2.05, 4.69) is 9.97 Å². The maximum Gasteiger partial charge on any atom is 0.488 e. The zero-order valence-corrected chi connectivity index (χ0v) is 12.4. The van der Waals surface area contributed by atoms with Crippen molar-refractivity contribution in [1.29, 1.82) is 0 Å². The molecule has 10 heteroatoms.